The van der Waals surface area contributed by atoms with E-state index in [-0.39, 0.29) is 5.41 Å². The van der Waals surface area contributed by atoms with Crippen LogP contribution < -0.4 is 5.73 Å². The van der Waals surface area contributed by atoms with Crippen LogP contribution in [0.4, 0.5) is 0 Å². The van der Waals surface area contributed by atoms with Crippen molar-refractivity contribution in [1.82, 2.24) is 0 Å². The van der Waals surface area contributed by atoms with Crippen LogP contribution in [0.3, 0.4) is 0 Å². The minimum absolute atomic E-state index is 0.245. The van der Waals surface area contributed by atoms with E-state index < -0.39 is 0 Å². The zero-order chi connectivity index (χ0) is 12.7. The topological polar surface area (TPSA) is 67.8 Å². The van der Waals surface area contributed by atoms with E-state index in [0.717, 1.165) is 19.4 Å². The molecule has 100 valence electrons. The van der Waals surface area contributed by atoms with Crippen molar-refractivity contribution >= 4 is 5.84 Å². The number of nitrogens with two attached hydrogens (primary N) is 1. The molecule has 0 saturated heterocycles. The van der Waals surface area contributed by atoms with Gasteiger partial charge in [0.2, 0.25) is 0 Å². The first-order valence-electron chi connectivity index (χ1n) is 6.66. The molecule has 0 aromatic carbocycles. The normalized spacial score (nSPS) is 19.5. The molecule has 1 aliphatic rings. The van der Waals surface area contributed by atoms with Crippen molar-refractivity contribution in [3.63, 3.8) is 0 Å². The summed E-state index contributed by atoms with van der Waals surface area (Å²) >= 11 is 0. The molecule has 3 N–H and O–H groups in total. The minimum atomic E-state index is -0.245. The number of ether oxygens (including phenoxy) is 1. The maximum atomic E-state index is 8.66. The van der Waals surface area contributed by atoms with E-state index >= 15 is 0 Å². The SMILES string of the molecule is CC(C)(CCCOC1CCCCC1)C(N)=NO. The largest absolute Gasteiger partial charge is 0.409 e. The van der Waals surface area contributed by atoms with Crippen molar-refractivity contribution in [2.45, 2.75) is 64.9 Å². The molecule has 0 atom stereocenters. The van der Waals surface area contributed by atoms with Gasteiger partial charge in [-0.15, -0.1) is 0 Å². The third-order valence-corrected chi connectivity index (χ3v) is 3.65. The fourth-order valence-electron chi connectivity index (χ4n) is 2.26. The molecule has 0 aliphatic heterocycles. The summed E-state index contributed by atoms with van der Waals surface area (Å²) < 4.78 is 5.85. The predicted molar refractivity (Wildman–Crippen MR) is 69.2 cm³/mol. The van der Waals surface area contributed by atoms with E-state index in [1.807, 2.05) is 13.8 Å². The van der Waals surface area contributed by atoms with Crippen molar-refractivity contribution in [2.24, 2.45) is 16.3 Å². The lowest BCUT2D eigenvalue weighted by molar-refractivity contribution is 0.0244. The van der Waals surface area contributed by atoms with E-state index in [0.29, 0.717) is 11.9 Å². The van der Waals surface area contributed by atoms with Gasteiger partial charge in [0.05, 0.1) is 6.10 Å². The Labute approximate surface area is 104 Å². The van der Waals surface area contributed by atoms with Crippen LogP contribution >= 0.6 is 0 Å². The van der Waals surface area contributed by atoms with Crippen LogP contribution in [0.1, 0.15) is 58.8 Å². The standard InChI is InChI=1S/C13H26N2O2/c1-13(2,12(14)15-16)9-6-10-17-11-7-4-3-5-8-11/h11,16H,3-10H2,1-2H3,(H2,14,15). The minimum Gasteiger partial charge on any atom is -0.409 e. The lowest BCUT2D eigenvalue weighted by Crippen LogP contribution is -2.32. The van der Waals surface area contributed by atoms with Crippen molar-refractivity contribution in [3.8, 4) is 0 Å². The zero-order valence-corrected chi connectivity index (χ0v) is 11.1. The van der Waals surface area contributed by atoms with Crippen molar-refractivity contribution in [2.75, 3.05) is 6.61 Å². The van der Waals surface area contributed by atoms with Crippen LogP contribution in [0.15, 0.2) is 5.16 Å². The van der Waals surface area contributed by atoms with Crippen LogP contribution in [-0.4, -0.2) is 23.8 Å². The molecule has 17 heavy (non-hydrogen) atoms. The quantitative estimate of drug-likeness (QED) is 0.247. The second-order valence-electron chi connectivity index (χ2n) is 5.60. The molecule has 0 aromatic rings. The van der Waals surface area contributed by atoms with Crippen molar-refractivity contribution < 1.29 is 9.94 Å². The average molecular weight is 242 g/mol. The number of nitrogens with zero attached hydrogens (tertiary/aromatic N) is 1. The first kappa shape index (κ1) is 14.3. The van der Waals surface area contributed by atoms with Gasteiger partial charge in [0.25, 0.3) is 0 Å². The number of rotatable bonds is 6. The Morgan fingerprint density at radius 2 is 2.00 bits per heavy atom. The molecule has 0 spiro atoms. The predicted octanol–water partition coefficient (Wildman–Crippen LogP) is 2.89. The maximum absolute atomic E-state index is 8.66. The van der Waals surface area contributed by atoms with E-state index in [1.54, 1.807) is 0 Å². The molecule has 4 nitrogen and oxygen atoms in total. The molecule has 1 fully saturated rings. The van der Waals surface area contributed by atoms with Gasteiger partial charge in [-0.25, -0.2) is 0 Å². The van der Waals surface area contributed by atoms with Gasteiger partial charge < -0.3 is 15.7 Å². The third-order valence-electron chi connectivity index (χ3n) is 3.65. The highest BCUT2D eigenvalue weighted by Gasteiger charge is 2.23. The molecule has 0 bridgehead atoms. The first-order chi connectivity index (χ1) is 8.06. The van der Waals surface area contributed by atoms with Gasteiger partial charge in [0.1, 0.15) is 5.84 Å². The monoisotopic (exact) mass is 242 g/mol. The van der Waals surface area contributed by atoms with Gasteiger partial charge in [-0.1, -0.05) is 38.3 Å². The molecule has 0 unspecified atom stereocenters. The number of amidine groups is 1. The Bertz CT molecular complexity index is 246. The second-order valence-corrected chi connectivity index (χ2v) is 5.60. The number of oxime groups is 1. The maximum Gasteiger partial charge on any atom is 0.144 e. The Kier molecular flexibility index (Phi) is 5.75. The van der Waals surface area contributed by atoms with Crippen molar-refractivity contribution in [1.29, 1.82) is 0 Å². The number of hydrogen-bond acceptors (Lipinski definition) is 3. The highest BCUT2D eigenvalue weighted by molar-refractivity contribution is 5.85. The summed E-state index contributed by atoms with van der Waals surface area (Å²) in [6.45, 7) is 4.76. The summed E-state index contributed by atoms with van der Waals surface area (Å²) in [5, 5.41) is 11.7. The molecule has 4 heteroatoms. The number of hydrogen-bond donors (Lipinski definition) is 2. The molecule has 0 radical (unpaired) electrons. The third kappa shape index (κ3) is 4.94. The van der Waals surface area contributed by atoms with E-state index in [9.17, 15) is 0 Å². The summed E-state index contributed by atoms with van der Waals surface area (Å²) in [6.07, 6.45) is 8.70. The molecule has 0 amide bonds. The summed E-state index contributed by atoms with van der Waals surface area (Å²) in [6, 6.07) is 0. The van der Waals surface area contributed by atoms with Gasteiger partial charge in [-0.3, -0.25) is 0 Å². The van der Waals surface area contributed by atoms with E-state index in [2.05, 4.69) is 5.16 Å². The van der Waals surface area contributed by atoms with Gasteiger partial charge in [0, 0.05) is 12.0 Å². The average Bonchev–Trinajstić information content (AvgIpc) is 2.35. The van der Waals surface area contributed by atoms with Crippen LogP contribution in [0.2, 0.25) is 0 Å². The molecule has 1 rings (SSSR count). The van der Waals surface area contributed by atoms with Gasteiger partial charge >= 0.3 is 0 Å². The van der Waals surface area contributed by atoms with Gasteiger partial charge in [-0.05, 0) is 25.7 Å². The lowest BCUT2D eigenvalue weighted by atomic mass is 9.87. The molecule has 1 aliphatic carbocycles. The molecular formula is C13H26N2O2. The Hall–Kier alpha value is -0.770. The fraction of sp³-hybridized carbons (Fsp3) is 0.923. The Morgan fingerprint density at radius 1 is 1.35 bits per heavy atom. The van der Waals surface area contributed by atoms with Crippen LogP contribution in [0.25, 0.3) is 0 Å². The van der Waals surface area contributed by atoms with Gasteiger partial charge in [-0.2, -0.15) is 0 Å². The smallest absolute Gasteiger partial charge is 0.144 e. The van der Waals surface area contributed by atoms with Gasteiger partial charge in [0.15, 0.2) is 0 Å². The summed E-state index contributed by atoms with van der Waals surface area (Å²) in [7, 11) is 0. The molecule has 0 aromatic heterocycles. The summed E-state index contributed by atoms with van der Waals surface area (Å²) in [5.74, 6) is 0.301. The van der Waals surface area contributed by atoms with Crippen molar-refractivity contribution in [3.05, 3.63) is 0 Å². The lowest BCUT2D eigenvalue weighted by Gasteiger charge is -2.25. The van der Waals surface area contributed by atoms with E-state index in [1.165, 1.54) is 32.1 Å². The summed E-state index contributed by atoms with van der Waals surface area (Å²) in [4.78, 5) is 0. The molecule has 1 saturated carbocycles. The highest BCUT2D eigenvalue weighted by Crippen LogP contribution is 2.24. The van der Waals surface area contributed by atoms with Crippen LogP contribution in [0.5, 0.6) is 0 Å². The molecule has 0 heterocycles. The second kappa shape index (κ2) is 6.84. The van der Waals surface area contributed by atoms with Crippen LogP contribution in [-0.2, 0) is 4.74 Å². The zero-order valence-electron chi connectivity index (χ0n) is 11.1. The molecular weight excluding hydrogens is 216 g/mol. The van der Waals surface area contributed by atoms with E-state index in [4.69, 9.17) is 15.7 Å². The highest BCUT2D eigenvalue weighted by atomic mass is 16.5. The first-order valence-corrected chi connectivity index (χ1v) is 6.66. The van der Waals surface area contributed by atoms with Crippen LogP contribution in [0, 0.1) is 5.41 Å². The Balaban J connectivity index is 2.14. The fourth-order valence-corrected chi connectivity index (χ4v) is 2.26. The summed E-state index contributed by atoms with van der Waals surface area (Å²) in [5.41, 5.74) is 5.39. The Morgan fingerprint density at radius 3 is 2.59 bits per heavy atom.